The number of anilines is 1. The van der Waals surface area contributed by atoms with Gasteiger partial charge in [-0.05, 0) is 60.1 Å². The van der Waals surface area contributed by atoms with Crippen LogP contribution in [0.5, 0.6) is 0 Å². The molecule has 7 atom stereocenters. The Morgan fingerprint density at radius 2 is 1.79 bits per heavy atom. The van der Waals surface area contributed by atoms with E-state index in [0.29, 0.717) is 5.69 Å². The number of carbonyl (C=O) groups excluding carboxylic acids is 2. The zero-order valence-electron chi connectivity index (χ0n) is 17.2. The zero-order chi connectivity index (χ0) is 22.4. The molecule has 1 aromatic carbocycles. The number of carbonyl (C=O) groups is 2. The van der Waals surface area contributed by atoms with Gasteiger partial charge in [0.05, 0.1) is 22.5 Å². The molecule has 0 radical (unpaired) electrons. The number of nitrogens with one attached hydrogen (secondary N) is 1. The lowest BCUT2D eigenvalue weighted by molar-refractivity contribution is -0.123. The topological polar surface area (TPSA) is 83.1 Å². The Kier molecular flexibility index (Phi) is 4.09. The van der Waals surface area contributed by atoms with Crippen molar-refractivity contribution in [3.63, 3.8) is 0 Å². The number of fused-ring (bicyclic) bond motifs is 9. The number of aromatic amines is 1. The molecule has 166 valence electrons. The van der Waals surface area contributed by atoms with Crippen LogP contribution < -0.4 is 9.77 Å². The summed E-state index contributed by atoms with van der Waals surface area (Å²) >= 11 is 2.90. The van der Waals surface area contributed by atoms with Crippen LogP contribution in [-0.2, 0) is 9.59 Å². The summed E-state index contributed by atoms with van der Waals surface area (Å²) in [6.07, 6.45) is 4.42. The van der Waals surface area contributed by atoms with E-state index in [1.165, 1.54) is 40.5 Å². The summed E-state index contributed by atoms with van der Waals surface area (Å²) < 4.78 is 13.4. The summed E-state index contributed by atoms with van der Waals surface area (Å²) in [4.78, 5) is 48.8. The van der Waals surface area contributed by atoms with Gasteiger partial charge in [-0.2, -0.15) is 0 Å². The Morgan fingerprint density at radius 1 is 1.03 bits per heavy atom. The smallest absolute Gasteiger partial charge is 0.305 e. The standard InChI is InChI=1S/C24H18FN3O3S2/c25-11-3-5-12(6-4-11)28-22(29)17-13-8-14(18(17)23(28)30)19-16(13)15(10-2-1-7-26-9-10)20-21(32-19)27-24(31)33-20/h1-7,9,13-19H,8H2,(H,27,31)/t13-,14+,15+,16+,17+,18+,19+/m0/s1. The van der Waals surface area contributed by atoms with Crippen LogP contribution >= 0.6 is 23.1 Å². The summed E-state index contributed by atoms with van der Waals surface area (Å²) in [5.41, 5.74) is 1.48. The Hall–Kier alpha value is -2.78. The lowest BCUT2D eigenvalue weighted by atomic mass is 9.68. The van der Waals surface area contributed by atoms with Gasteiger partial charge in [-0.25, -0.2) is 4.39 Å². The minimum Gasteiger partial charge on any atom is -0.307 e. The maximum absolute atomic E-state index is 13.6. The van der Waals surface area contributed by atoms with Gasteiger partial charge in [0.15, 0.2) is 0 Å². The third kappa shape index (κ3) is 2.60. The molecule has 3 aromatic rings. The average Bonchev–Trinajstić information content (AvgIpc) is 3.54. The van der Waals surface area contributed by atoms with Gasteiger partial charge < -0.3 is 4.98 Å². The van der Waals surface area contributed by atoms with E-state index in [-0.39, 0.29) is 57.4 Å². The number of aromatic nitrogens is 2. The number of hydrogen-bond donors (Lipinski definition) is 1. The summed E-state index contributed by atoms with van der Waals surface area (Å²) in [6, 6.07) is 9.49. The highest BCUT2D eigenvalue weighted by Crippen LogP contribution is 2.68. The highest BCUT2D eigenvalue weighted by atomic mass is 32.2. The molecule has 1 N–H and O–H groups in total. The lowest BCUT2D eigenvalue weighted by Crippen LogP contribution is -2.42. The van der Waals surface area contributed by atoms with Crippen LogP contribution in [0.1, 0.15) is 22.8 Å². The van der Waals surface area contributed by atoms with Crippen LogP contribution in [0.4, 0.5) is 10.1 Å². The maximum Gasteiger partial charge on any atom is 0.305 e. The fraction of sp³-hybridized carbons (Fsp3) is 0.333. The highest BCUT2D eigenvalue weighted by molar-refractivity contribution is 8.00. The van der Waals surface area contributed by atoms with Crippen molar-refractivity contribution >= 4 is 40.6 Å². The van der Waals surface area contributed by atoms with E-state index >= 15 is 0 Å². The normalized spacial score (nSPS) is 33.8. The monoisotopic (exact) mass is 479 g/mol. The number of H-pyrrole nitrogens is 1. The quantitative estimate of drug-likeness (QED) is 0.568. The molecule has 1 saturated heterocycles. The van der Waals surface area contributed by atoms with Crippen LogP contribution in [0.15, 0.2) is 58.6 Å². The lowest BCUT2D eigenvalue weighted by Gasteiger charge is -2.42. The molecular weight excluding hydrogens is 461 g/mol. The Labute approximate surface area is 196 Å². The Balaban J connectivity index is 1.33. The van der Waals surface area contributed by atoms with E-state index in [9.17, 15) is 18.8 Å². The van der Waals surface area contributed by atoms with Crippen molar-refractivity contribution in [3.8, 4) is 0 Å². The predicted molar refractivity (Wildman–Crippen MR) is 122 cm³/mol. The number of nitrogens with zero attached hydrogens (tertiary/aromatic N) is 2. The predicted octanol–water partition coefficient (Wildman–Crippen LogP) is 3.65. The van der Waals surface area contributed by atoms with Crippen LogP contribution in [0.25, 0.3) is 0 Å². The summed E-state index contributed by atoms with van der Waals surface area (Å²) in [5, 5.41) is 1.03. The second kappa shape index (κ2) is 6.87. The second-order valence-electron chi connectivity index (χ2n) is 9.24. The van der Waals surface area contributed by atoms with Gasteiger partial charge in [0.1, 0.15) is 5.82 Å². The molecule has 7 rings (SSSR count). The van der Waals surface area contributed by atoms with Gasteiger partial charge in [0.2, 0.25) is 11.8 Å². The van der Waals surface area contributed by atoms with Crippen molar-refractivity contribution in [1.82, 2.24) is 9.97 Å². The molecule has 4 heterocycles. The summed E-state index contributed by atoms with van der Waals surface area (Å²) in [7, 11) is 0. The maximum atomic E-state index is 13.6. The number of rotatable bonds is 2. The molecule has 2 aromatic heterocycles. The number of hydrogen-bond acceptors (Lipinski definition) is 6. The minimum absolute atomic E-state index is 0.0253. The first-order chi connectivity index (χ1) is 16.0. The number of amides is 2. The van der Waals surface area contributed by atoms with Gasteiger partial charge in [0.25, 0.3) is 0 Å². The molecule has 4 aliphatic rings. The summed E-state index contributed by atoms with van der Waals surface area (Å²) in [6.45, 7) is 0. The first-order valence-corrected chi connectivity index (χ1v) is 12.7. The fourth-order valence-electron chi connectivity index (χ4n) is 6.79. The number of pyridine rings is 1. The third-order valence-electron chi connectivity index (χ3n) is 7.85. The number of thioether (sulfide) groups is 1. The molecule has 2 amide bonds. The number of imide groups is 1. The van der Waals surface area contributed by atoms with Crippen molar-refractivity contribution < 1.29 is 14.0 Å². The molecule has 2 saturated carbocycles. The van der Waals surface area contributed by atoms with Gasteiger partial charge in [-0.15, -0.1) is 11.8 Å². The van der Waals surface area contributed by atoms with E-state index in [1.54, 1.807) is 18.0 Å². The van der Waals surface area contributed by atoms with Gasteiger partial charge in [-0.1, -0.05) is 17.4 Å². The first-order valence-electron chi connectivity index (χ1n) is 11.0. The van der Waals surface area contributed by atoms with Crippen LogP contribution in [0.2, 0.25) is 0 Å². The second-order valence-corrected chi connectivity index (χ2v) is 11.4. The third-order valence-corrected chi connectivity index (χ3v) is 10.4. The molecule has 2 aliphatic heterocycles. The highest BCUT2D eigenvalue weighted by Gasteiger charge is 2.69. The Morgan fingerprint density at radius 3 is 2.52 bits per heavy atom. The minimum atomic E-state index is -0.403. The number of benzene rings is 1. The Bertz CT molecular complexity index is 1360. The van der Waals surface area contributed by atoms with E-state index in [0.717, 1.165) is 21.9 Å². The molecular formula is C24H18FN3O3S2. The number of halogens is 1. The molecule has 2 aliphatic carbocycles. The first kappa shape index (κ1) is 19.7. The van der Waals surface area contributed by atoms with E-state index in [2.05, 4.69) is 9.97 Å². The van der Waals surface area contributed by atoms with E-state index in [4.69, 9.17) is 0 Å². The van der Waals surface area contributed by atoms with Crippen LogP contribution in [0, 0.1) is 35.4 Å². The summed E-state index contributed by atoms with van der Waals surface area (Å²) in [5.74, 6) is -1.25. The van der Waals surface area contributed by atoms with Gasteiger partial charge in [0, 0.05) is 28.4 Å². The molecule has 3 fully saturated rings. The van der Waals surface area contributed by atoms with Gasteiger partial charge in [-0.3, -0.25) is 24.3 Å². The number of thiazole rings is 1. The molecule has 0 spiro atoms. The van der Waals surface area contributed by atoms with Crippen molar-refractivity contribution in [1.29, 1.82) is 0 Å². The van der Waals surface area contributed by atoms with Crippen molar-refractivity contribution in [2.75, 3.05) is 4.90 Å². The molecule has 9 heteroatoms. The molecule has 0 unspecified atom stereocenters. The van der Waals surface area contributed by atoms with Crippen molar-refractivity contribution in [2.45, 2.75) is 22.6 Å². The SMILES string of the molecule is O=C1[C@@H]2[C@H]3C[C@@H]([C@H]4Sc5[nH]c(=O)sc5[C@H](c5cccnc5)[C@@H]34)[C@H]2C(=O)N1c1ccc(F)cc1. The van der Waals surface area contributed by atoms with E-state index < -0.39 is 5.82 Å². The fourth-order valence-corrected chi connectivity index (χ4v) is 9.68. The van der Waals surface area contributed by atoms with Gasteiger partial charge >= 0.3 is 4.87 Å². The largest absolute Gasteiger partial charge is 0.307 e. The molecule has 33 heavy (non-hydrogen) atoms. The zero-order valence-corrected chi connectivity index (χ0v) is 18.8. The van der Waals surface area contributed by atoms with Crippen LogP contribution in [-0.4, -0.2) is 27.0 Å². The van der Waals surface area contributed by atoms with Crippen molar-refractivity contribution in [3.05, 3.63) is 74.7 Å². The molecule has 6 nitrogen and oxygen atoms in total. The van der Waals surface area contributed by atoms with Crippen molar-refractivity contribution in [2.24, 2.45) is 29.6 Å². The van der Waals surface area contributed by atoms with Crippen LogP contribution in [0.3, 0.4) is 0 Å². The average molecular weight is 480 g/mol. The molecule has 2 bridgehead atoms. The van der Waals surface area contributed by atoms with E-state index in [1.807, 2.05) is 18.3 Å².